The maximum Gasteiger partial charge on any atom is 0.271 e. The van der Waals surface area contributed by atoms with Crippen molar-refractivity contribution in [2.75, 3.05) is 0 Å². The van der Waals surface area contributed by atoms with Crippen LogP contribution in [0.2, 0.25) is 0 Å². The predicted octanol–water partition coefficient (Wildman–Crippen LogP) is 3.52. The van der Waals surface area contributed by atoms with Crippen molar-refractivity contribution in [2.24, 2.45) is 5.10 Å². The lowest BCUT2D eigenvalue weighted by molar-refractivity contribution is 0.0955. The maximum absolute atomic E-state index is 11.8. The van der Waals surface area contributed by atoms with Gasteiger partial charge >= 0.3 is 0 Å². The van der Waals surface area contributed by atoms with Crippen molar-refractivity contribution in [3.63, 3.8) is 0 Å². The van der Waals surface area contributed by atoms with Gasteiger partial charge in [0.15, 0.2) is 0 Å². The summed E-state index contributed by atoms with van der Waals surface area (Å²) in [7, 11) is 0. The molecular formula is C14H10BrIN2O2. The first-order valence-corrected chi connectivity index (χ1v) is 7.51. The molecule has 0 bridgehead atoms. The number of hydrogen-bond acceptors (Lipinski definition) is 3. The first kappa shape index (κ1) is 15.0. The largest absolute Gasteiger partial charge is 0.507 e. The summed E-state index contributed by atoms with van der Waals surface area (Å²) in [5.41, 5.74) is 3.78. The molecule has 0 fully saturated rings. The molecule has 0 spiro atoms. The average molecular weight is 445 g/mol. The molecule has 0 aliphatic rings. The van der Waals surface area contributed by atoms with E-state index in [1.54, 1.807) is 30.3 Å². The lowest BCUT2D eigenvalue weighted by atomic mass is 10.2. The van der Waals surface area contributed by atoms with E-state index in [0.29, 0.717) is 10.0 Å². The van der Waals surface area contributed by atoms with Gasteiger partial charge in [0.2, 0.25) is 0 Å². The van der Waals surface area contributed by atoms with Crippen LogP contribution in [0.3, 0.4) is 0 Å². The molecule has 0 heterocycles. The van der Waals surface area contributed by atoms with Gasteiger partial charge < -0.3 is 5.11 Å². The highest BCUT2D eigenvalue weighted by Crippen LogP contribution is 2.23. The molecule has 0 saturated carbocycles. The summed E-state index contributed by atoms with van der Waals surface area (Å²) in [6, 6.07) is 12.2. The second-order valence-corrected chi connectivity index (χ2v) is 6.02. The molecule has 20 heavy (non-hydrogen) atoms. The van der Waals surface area contributed by atoms with E-state index in [0.717, 1.165) is 9.13 Å². The number of carbonyl (C=O) groups is 1. The normalized spacial score (nSPS) is 10.7. The Bertz CT molecular complexity index is 674. The number of carbonyl (C=O) groups excluding carboxylic acids is 1. The van der Waals surface area contributed by atoms with Crippen molar-refractivity contribution in [1.82, 2.24) is 5.43 Å². The van der Waals surface area contributed by atoms with Crippen LogP contribution in [0.4, 0.5) is 0 Å². The van der Waals surface area contributed by atoms with Crippen LogP contribution in [0.15, 0.2) is 52.0 Å². The number of amides is 1. The van der Waals surface area contributed by atoms with Gasteiger partial charge in [-0.3, -0.25) is 4.79 Å². The highest BCUT2D eigenvalue weighted by Gasteiger charge is 2.03. The van der Waals surface area contributed by atoms with Gasteiger partial charge in [-0.2, -0.15) is 5.10 Å². The first-order chi connectivity index (χ1) is 9.56. The van der Waals surface area contributed by atoms with Crippen LogP contribution in [0.25, 0.3) is 0 Å². The quantitative estimate of drug-likeness (QED) is 0.432. The molecule has 2 aromatic carbocycles. The van der Waals surface area contributed by atoms with Crippen molar-refractivity contribution in [2.45, 2.75) is 0 Å². The number of phenolic OH excluding ortho intramolecular Hbond substituents is 1. The summed E-state index contributed by atoms with van der Waals surface area (Å²) < 4.78 is 1.56. The van der Waals surface area contributed by atoms with E-state index in [2.05, 4.69) is 49.0 Å². The minimum absolute atomic E-state index is 0.157. The Morgan fingerprint density at radius 1 is 1.30 bits per heavy atom. The zero-order valence-electron chi connectivity index (χ0n) is 10.2. The second-order valence-electron chi connectivity index (χ2n) is 3.92. The molecule has 0 aliphatic carbocycles. The first-order valence-electron chi connectivity index (χ1n) is 5.64. The molecule has 0 aliphatic heterocycles. The molecule has 102 valence electrons. The molecule has 0 radical (unpaired) electrons. The summed E-state index contributed by atoms with van der Waals surface area (Å²) in [6.07, 6.45) is 1.51. The Kier molecular flexibility index (Phi) is 5.13. The number of benzene rings is 2. The monoisotopic (exact) mass is 444 g/mol. The van der Waals surface area contributed by atoms with E-state index >= 15 is 0 Å². The van der Waals surface area contributed by atoms with Gasteiger partial charge in [0.25, 0.3) is 5.91 Å². The van der Waals surface area contributed by atoms with E-state index in [1.165, 1.54) is 6.21 Å². The van der Waals surface area contributed by atoms with E-state index in [1.807, 2.05) is 12.1 Å². The number of nitrogens with one attached hydrogen (secondary N) is 1. The topological polar surface area (TPSA) is 61.7 Å². The Morgan fingerprint density at radius 2 is 2.10 bits per heavy atom. The third-order valence-electron chi connectivity index (χ3n) is 2.44. The fourth-order valence-electron chi connectivity index (χ4n) is 1.46. The van der Waals surface area contributed by atoms with E-state index in [-0.39, 0.29) is 11.7 Å². The van der Waals surface area contributed by atoms with Gasteiger partial charge in [-0.25, -0.2) is 5.43 Å². The third kappa shape index (κ3) is 4.04. The summed E-state index contributed by atoms with van der Waals surface area (Å²) in [5, 5.41) is 13.3. The predicted molar refractivity (Wildman–Crippen MR) is 90.0 cm³/mol. The van der Waals surface area contributed by atoms with Crippen molar-refractivity contribution in [3.05, 3.63) is 61.6 Å². The SMILES string of the molecule is O=C(N/N=C\c1ccc(O)c(Br)c1)c1cccc(I)c1. The molecule has 0 aromatic heterocycles. The van der Waals surface area contributed by atoms with Crippen molar-refractivity contribution >= 4 is 50.6 Å². The number of halogens is 2. The van der Waals surface area contributed by atoms with Gasteiger partial charge in [0, 0.05) is 9.13 Å². The Labute approximate surface area is 138 Å². The molecule has 0 saturated heterocycles. The maximum atomic E-state index is 11.8. The van der Waals surface area contributed by atoms with Crippen LogP contribution in [-0.2, 0) is 0 Å². The van der Waals surface area contributed by atoms with Gasteiger partial charge in [0.05, 0.1) is 10.7 Å². The Balaban J connectivity index is 2.02. The molecule has 6 heteroatoms. The number of phenols is 1. The fraction of sp³-hybridized carbons (Fsp3) is 0. The molecule has 0 atom stereocenters. The summed E-state index contributed by atoms with van der Waals surface area (Å²) in [4.78, 5) is 11.8. The summed E-state index contributed by atoms with van der Waals surface area (Å²) in [5.74, 6) is -0.109. The number of hydrazone groups is 1. The molecule has 2 N–H and O–H groups in total. The smallest absolute Gasteiger partial charge is 0.271 e. The Morgan fingerprint density at radius 3 is 2.80 bits per heavy atom. The molecule has 2 rings (SSSR count). The fourth-order valence-corrected chi connectivity index (χ4v) is 2.40. The number of hydrogen-bond donors (Lipinski definition) is 2. The van der Waals surface area contributed by atoms with Gasteiger partial charge in [-0.1, -0.05) is 6.07 Å². The van der Waals surface area contributed by atoms with Crippen LogP contribution in [0, 0.1) is 3.57 Å². The molecule has 2 aromatic rings. The lowest BCUT2D eigenvalue weighted by Gasteiger charge is -2.01. The molecule has 4 nitrogen and oxygen atoms in total. The average Bonchev–Trinajstić information content (AvgIpc) is 2.42. The van der Waals surface area contributed by atoms with Crippen LogP contribution in [0.5, 0.6) is 5.75 Å². The van der Waals surface area contributed by atoms with Crippen LogP contribution in [-0.4, -0.2) is 17.2 Å². The minimum atomic E-state index is -0.266. The van der Waals surface area contributed by atoms with Crippen molar-refractivity contribution in [1.29, 1.82) is 0 Å². The van der Waals surface area contributed by atoms with E-state index in [9.17, 15) is 9.90 Å². The highest BCUT2D eigenvalue weighted by molar-refractivity contribution is 14.1. The van der Waals surface area contributed by atoms with Crippen LogP contribution >= 0.6 is 38.5 Å². The zero-order valence-corrected chi connectivity index (χ0v) is 13.9. The van der Waals surface area contributed by atoms with Gasteiger partial charge in [-0.15, -0.1) is 0 Å². The zero-order chi connectivity index (χ0) is 14.5. The third-order valence-corrected chi connectivity index (χ3v) is 3.74. The standard InChI is InChI=1S/C14H10BrIN2O2/c15-12-6-9(4-5-13(12)19)8-17-18-14(20)10-2-1-3-11(16)7-10/h1-8,19H,(H,18,20)/b17-8-. The summed E-state index contributed by atoms with van der Waals surface area (Å²) >= 11 is 5.36. The molecule has 1 amide bonds. The Hall–Kier alpha value is -1.41. The van der Waals surface area contributed by atoms with Gasteiger partial charge in [-0.05, 0) is 80.5 Å². The summed E-state index contributed by atoms with van der Waals surface area (Å²) in [6.45, 7) is 0. The second kappa shape index (κ2) is 6.85. The van der Waals surface area contributed by atoms with E-state index < -0.39 is 0 Å². The number of nitrogens with zero attached hydrogens (tertiary/aromatic N) is 1. The van der Waals surface area contributed by atoms with Crippen LogP contribution < -0.4 is 5.43 Å². The number of rotatable bonds is 3. The lowest BCUT2D eigenvalue weighted by Crippen LogP contribution is -2.17. The van der Waals surface area contributed by atoms with Crippen LogP contribution in [0.1, 0.15) is 15.9 Å². The highest BCUT2D eigenvalue weighted by atomic mass is 127. The van der Waals surface area contributed by atoms with Gasteiger partial charge in [0.1, 0.15) is 5.75 Å². The van der Waals surface area contributed by atoms with E-state index in [4.69, 9.17) is 0 Å². The molecular weight excluding hydrogens is 435 g/mol. The molecule has 0 unspecified atom stereocenters. The number of aromatic hydroxyl groups is 1. The van der Waals surface area contributed by atoms with Crippen molar-refractivity contribution in [3.8, 4) is 5.75 Å². The van der Waals surface area contributed by atoms with Crippen molar-refractivity contribution < 1.29 is 9.90 Å². The minimum Gasteiger partial charge on any atom is -0.507 e.